The molecule has 2 aromatic rings. The summed E-state index contributed by atoms with van der Waals surface area (Å²) >= 11 is 0. The lowest BCUT2D eigenvalue weighted by Gasteiger charge is -2.24. The molecule has 0 bridgehead atoms. The molecule has 3 nitrogen and oxygen atoms in total. The number of carbonyl (C=O) groups is 1. The summed E-state index contributed by atoms with van der Waals surface area (Å²) < 4.78 is 4.71. The maximum Gasteiger partial charge on any atom is 0.335 e. The molecule has 0 saturated heterocycles. The zero-order chi connectivity index (χ0) is 15.4. The first-order valence-electron chi connectivity index (χ1n) is 6.92. The van der Waals surface area contributed by atoms with Gasteiger partial charge in [-0.05, 0) is 30.5 Å². The monoisotopic (exact) mass is 284 g/mol. The molecule has 0 aliphatic carbocycles. The number of esters is 1. The largest absolute Gasteiger partial charge is 0.467 e. The highest BCUT2D eigenvalue weighted by atomic mass is 16.5. The Morgan fingerprint density at radius 3 is 2.33 bits per heavy atom. The first-order valence-corrected chi connectivity index (χ1v) is 6.92. The normalized spacial score (nSPS) is 13.5. The lowest BCUT2D eigenvalue weighted by Crippen LogP contribution is -2.30. The maximum atomic E-state index is 11.8. The predicted molar refractivity (Wildman–Crippen MR) is 82.2 cm³/mol. The minimum Gasteiger partial charge on any atom is -0.467 e. The zero-order valence-corrected chi connectivity index (χ0v) is 12.5. The van der Waals surface area contributed by atoms with Crippen LogP contribution in [0.5, 0.6) is 0 Å². The van der Waals surface area contributed by atoms with Gasteiger partial charge in [0.1, 0.15) is 0 Å². The molecule has 0 saturated carbocycles. The SMILES string of the molecule is COC(=O)[C@@H](O)[C@@H](c1ccccc1)c1ccc(C)cc1C. The molecule has 0 unspecified atom stereocenters. The Bertz CT molecular complexity index is 620. The minimum absolute atomic E-state index is 0.431. The molecule has 2 atom stereocenters. The topological polar surface area (TPSA) is 46.5 Å². The van der Waals surface area contributed by atoms with E-state index in [0.717, 1.165) is 22.3 Å². The van der Waals surface area contributed by atoms with Crippen molar-refractivity contribution in [1.29, 1.82) is 0 Å². The smallest absolute Gasteiger partial charge is 0.335 e. The second-order valence-electron chi connectivity index (χ2n) is 5.22. The van der Waals surface area contributed by atoms with Gasteiger partial charge in [-0.2, -0.15) is 0 Å². The number of aliphatic hydroxyl groups excluding tert-OH is 1. The Balaban J connectivity index is 2.53. The molecule has 0 aliphatic heterocycles. The number of aryl methyl sites for hydroxylation is 2. The van der Waals surface area contributed by atoms with Gasteiger partial charge in [0.15, 0.2) is 6.10 Å². The number of hydrogen-bond donors (Lipinski definition) is 1. The number of rotatable bonds is 4. The molecule has 0 heterocycles. The van der Waals surface area contributed by atoms with Crippen LogP contribution in [-0.2, 0) is 9.53 Å². The van der Waals surface area contributed by atoms with E-state index >= 15 is 0 Å². The second kappa shape index (κ2) is 6.55. The van der Waals surface area contributed by atoms with Gasteiger partial charge in [-0.3, -0.25) is 0 Å². The van der Waals surface area contributed by atoms with Crippen LogP contribution in [-0.4, -0.2) is 24.3 Å². The number of hydrogen-bond acceptors (Lipinski definition) is 3. The van der Waals surface area contributed by atoms with Crippen molar-refractivity contribution in [2.45, 2.75) is 25.9 Å². The molecule has 0 fully saturated rings. The third-order valence-electron chi connectivity index (χ3n) is 3.68. The van der Waals surface area contributed by atoms with E-state index in [9.17, 15) is 9.90 Å². The summed E-state index contributed by atoms with van der Waals surface area (Å²) in [5.41, 5.74) is 4.02. The molecule has 110 valence electrons. The van der Waals surface area contributed by atoms with Crippen molar-refractivity contribution in [2.24, 2.45) is 0 Å². The van der Waals surface area contributed by atoms with E-state index in [1.807, 2.05) is 56.3 Å². The van der Waals surface area contributed by atoms with Crippen molar-refractivity contribution in [2.75, 3.05) is 7.11 Å². The van der Waals surface area contributed by atoms with Gasteiger partial charge in [0.05, 0.1) is 7.11 Å². The van der Waals surface area contributed by atoms with Gasteiger partial charge in [-0.25, -0.2) is 4.79 Å². The Morgan fingerprint density at radius 2 is 1.76 bits per heavy atom. The highest BCUT2D eigenvalue weighted by molar-refractivity contribution is 5.76. The fourth-order valence-electron chi connectivity index (χ4n) is 2.62. The summed E-state index contributed by atoms with van der Waals surface area (Å²) in [7, 11) is 1.29. The van der Waals surface area contributed by atoms with Gasteiger partial charge in [0.2, 0.25) is 0 Å². The highest BCUT2D eigenvalue weighted by Crippen LogP contribution is 2.31. The number of benzene rings is 2. The molecule has 1 N–H and O–H groups in total. The number of aliphatic hydroxyl groups is 1. The van der Waals surface area contributed by atoms with Crippen molar-refractivity contribution in [3.63, 3.8) is 0 Å². The first kappa shape index (κ1) is 15.3. The fourth-order valence-corrected chi connectivity index (χ4v) is 2.62. The molecule has 2 aromatic carbocycles. The molecule has 0 amide bonds. The van der Waals surface area contributed by atoms with Crippen LogP contribution in [0.25, 0.3) is 0 Å². The Kier molecular flexibility index (Phi) is 4.76. The molecule has 0 radical (unpaired) electrons. The maximum absolute atomic E-state index is 11.8. The average molecular weight is 284 g/mol. The van der Waals surface area contributed by atoms with E-state index in [4.69, 9.17) is 4.74 Å². The third-order valence-corrected chi connectivity index (χ3v) is 3.68. The van der Waals surface area contributed by atoms with Crippen LogP contribution < -0.4 is 0 Å². The molecule has 0 aromatic heterocycles. The second-order valence-corrected chi connectivity index (χ2v) is 5.22. The van der Waals surface area contributed by atoms with E-state index in [0.29, 0.717) is 0 Å². The summed E-state index contributed by atoms with van der Waals surface area (Å²) in [6, 6.07) is 15.5. The van der Waals surface area contributed by atoms with Crippen LogP contribution in [0.4, 0.5) is 0 Å². The van der Waals surface area contributed by atoms with E-state index in [-0.39, 0.29) is 0 Å². The predicted octanol–water partition coefficient (Wildman–Crippen LogP) is 2.97. The molecular formula is C18H20O3. The van der Waals surface area contributed by atoms with Crippen LogP contribution >= 0.6 is 0 Å². The Hall–Kier alpha value is -2.13. The van der Waals surface area contributed by atoms with E-state index in [1.165, 1.54) is 7.11 Å². The number of methoxy groups -OCH3 is 1. The zero-order valence-electron chi connectivity index (χ0n) is 12.5. The average Bonchev–Trinajstić information content (AvgIpc) is 2.49. The van der Waals surface area contributed by atoms with E-state index < -0.39 is 18.0 Å². The number of ether oxygens (including phenoxy) is 1. The fraction of sp³-hybridized carbons (Fsp3) is 0.278. The lowest BCUT2D eigenvalue weighted by atomic mass is 9.84. The van der Waals surface area contributed by atoms with Gasteiger partial charge in [-0.1, -0.05) is 54.1 Å². The van der Waals surface area contributed by atoms with Crippen LogP contribution in [0.3, 0.4) is 0 Å². The van der Waals surface area contributed by atoms with Crippen molar-refractivity contribution < 1.29 is 14.6 Å². The van der Waals surface area contributed by atoms with Gasteiger partial charge in [-0.15, -0.1) is 0 Å². The molecule has 0 aliphatic rings. The van der Waals surface area contributed by atoms with Crippen molar-refractivity contribution in [3.8, 4) is 0 Å². The van der Waals surface area contributed by atoms with Gasteiger partial charge in [0.25, 0.3) is 0 Å². The Labute approximate surface area is 125 Å². The van der Waals surface area contributed by atoms with Crippen molar-refractivity contribution in [1.82, 2.24) is 0 Å². The summed E-state index contributed by atoms with van der Waals surface area (Å²) in [6.07, 6.45) is -1.22. The molecule has 21 heavy (non-hydrogen) atoms. The van der Waals surface area contributed by atoms with E-state index in [1.54, 1.807) is 0 Å². The highest BCUT2D eigenvalue weighted by Gasteiger charge is 2.30. The third kappa shape index (κ3) is 3.31. The Morgan fingerprint density at radius 1 is 1.10 bits per heavy atom. The van der Waals surface area contributed by atoms with Crippen LogP contribution in [0.1, 0.15) is 28.2 Å². The molecule has 0 spiro atoms. The van der Waals surface area contributed by atoms with Gasteiger partial charge in [0, 0.05) is 5.92 Å². The van der Waals surface area contributed by atoms with Crippen molar-refractivity contribution >= 4 is 5.97 Å². The number of carbonyl (C=O) groups excluding carboxylic acids is 1. The molecule has 2 rings (SSSR count). The lowest BCUT2D eigenvalue weighted by molar-refractivity contribution is -0.151. The summed E-state index contributed by atoms with van der Waals surface area (Å²) in [6.45, 7) is 4.01. The minimum atomic E-state index is -1.22. The summed E-state index contributed by atoms with van der Waals surface area (Å²) in [5.74, 6) is -1.05. The molecule has 3 heteroatoms. The summed E-state index contributed by atoms with van der Waals surface area (Å²) in [5, 5.41) is 10.4. The summed E-state index contributed by atoms with van der Waals surface area (Å²) in [4.78, 5) is 11.8. The van der Waals surface area contributed by atoms with E-state index in [2.05, 4.69) is 6.07 Å². The standard InChI is InChI=1S/C18H20O3/c1-12-9-10-15(13(2)11-12)16(17(19)18(20)21-3)14-7-5-4-6-8-14/h4-11,16-17,19H,1-3H3/t16-,17-/m0/s1. The quantitative estimate of drug-likeness (QED) is 0.878. The van der Waals surface area contributed by atoms with Crippen LogP contribution in [0.2, 0.25) is 0 Å². The van der Waals surface area contributed by atoms with Gasteiger partial charge >= 0.3 is 5.97 Å². The molecular weight excluding hydrogens is 264 g/mol. The van der Waals surface area contributed by atoms with Crippen molar-refractivity contribution in [3.05, 3.63) is 70.8 Å². The van der Waals surface area contributed by atoms with Crippen LogP contribution in [0, 0.1) is 13.8 Å². The first-order chi connectivity index (χ1) is 10.0. The van der Waals surface area contributed by atoms with Gasteiger partial charge < -0.3 is 9.84 Å². The van der Waals surface area contributed by atoms with Crippen LogP contribution in [0.15, 0.2) is 48.5 Å².